The fraction of sp³-hybridized carbons (Fsp3) is 1.00. The Hall–Kier alpha value is 0.130. The molecule has 0 atom stereocenters. The fourth-order valence-corrected chi connectivity index (χ4v) is 0.333. The van der Waals surface area contributed by atoms with Crippen LogP contribution in [0.25, 0.3) is 0 Å². The van der Waals surface area contributed by atoms with Gasteiger partial charge in [-0.3, -0.25) is 26.3 Å². The lowest BCUT2D eigenvalue weighted by atomic mass is 9.65. The minimum atomic E-state index is 1.23. The van der Waals surface area contributed by atoms with Crippen molar-refractivity contribution in [3.63, 3.8) is 0 Å². The van der Waals surface area contributed by atoms with Crippen molar-refractivity contribution in [1.82, 2.24) is 0 Å². The van der Waals surface area contributed by atoms with Gasteiger partial charge in [-0.05, 0) is 0 Å². The molecule has 0 aromatic heterocycles. The minimum Gasteiger partial charge on any atom is -0.345 e. The van der Waals surface area contributed by atoms with E-state index in [1.165, 1.54) is 12.6 Å². The SMILES string of the molecule is C[B-]CC[B-]C. The van der Waals surface area contributed by atoms with Gasteiger partial charge in [-0.25, -0.2) is 0 Å². The van der Waals surface area contributed by atoms with Crippen LogP contribution in [-0.2, 0) is 0 Å². The Balaban J connectivity index is 2.34. The van der Waals surface area contributed by atoms with Gasteiger partial charge in [-0.1, -0.05) is 0 Å². The highest BCUT2D eigenvalue weighted by atomic mass is 13.5. The molecule has 0 rings (SSSR count). The Morgan fingerprint density at radius 1 is 1.00 bits per heavy atom. The highest BCUT2D eigenvalue weighted by Gasteiger charge is 1.51. The molecule has 0 amide bonds. The highest BCUT2D eigenvalue weighted by molar-refractivity contribution is 6.40. The monoisotopic (exact) mass is 80.1 g/mol. The topological polar surface area (TPSA) is 0 Å². The first-order chi connectivity index (χ1) is 2.91. The predicted octanol–water partition coefficient (Wildman–Crippen LogP) is 1.33. The van der Waals surface area contributed by atoms with E-state index in [9.17, 15) is 0 Å². The van der Waals surface area contributed by atoms with Crippen LogP contribution in [-0.4, -0.2) is 14.6 Å². The molecule has 0 bridgehead atoms. The maximum Gasteiger partial charge on any atom is -0.254 e. The van der Waals surface area contributed by atoms with Gasteiger partial charge >= 0.3 is 0 Å². The molecule has 0 aliphatic carbocycles. The minimum absolute atomic E-state index is 1.23. The van der Waals surface area contributed by atoms with Crippen LogP contribution in [0, 0.1) is 0 Å². The fourth-order valence-electron chi connectivity index (χ4n) is 0.333. The molecular weight excluding hydrogens is 69.7 g/mol. The van der Waals surface area contributed by atoms with Gasteiger partial charge in [0.1, 0.15) is 0 Å². The molecule has 0 fully saturated rings. The van der Waals surface area contributed by atoms with Crippen molar-refractivity contribution in [2.75, 3.05) is 0 Å². The lowest BCUT2D eigenvalue weighted by Gasteiger charge is -2.10. The van der Waals surface area contributed by atoms with Crippen LogP contribution in [0.4, 0.5) is 0 Å². The number of hydrogen-bond acceptors (Lipinski definition) is 0. The lowest BCUT2D eigenvalue weighted by Crippen LogP contribution is -1.83. The van der Waals surface area contributed by atoms with Crippen molar-refractivity contribution in [1.29, 1.82) is 0 Å². The van der Waals surface area contributed by atoms with E-state index in [2.05, 4.69) is 28.2 Å². The van der Waals surface area contributed by atoms with Crippen LogP contribution < -0.4 is 0 Å². The summed E-state index contributed by atoms with van der Waals surface area (Å²) >= 11 is 0. The van der Waals surface area contributed by atoms with E-state index >= 15 is 0 Å². The second-order valence-electron chi connectivity index (χ2n) is 1.39. The van der Waals surface area contributed by atoms with Crippen molar-refractivity contribution in [2.45, 2.75) is 26.3 Å². The molecule has 0 N–H and O–H groups in total. The van der Waals surface area contributed by atoms with Crippen molar-refractivity contribution in [3.8, 4) is 0 Å². The Labute approximate surface area is 41.8 Å². The summed E-state index contributed by atoms with van der Waals surface area (Å²) in [6.45, 7) is 4.17. The molecule has 0 aliphatic rings. The summed E-state index contributed by atoms with van der Waals surface area (Å²) in [7, 11) is 4.36. The predicted molar refractivity (Wildman–Crippen MR) is 32.8 cm³/mol. The van der Waals surface area contributed by atoms with Crippen molar-refractivity contribution < 1.29 is 0 Å². The van der Waals surface area contributed by atoms with E-state index in [4.69, 9.17) is 0 Å². The molecule has 0 heterocycles. The molecule has 0 saturated carbocycles. The first-order valence-electron chi connectivity index (χ1n) is 2.47. The van der Waals surface area contributed by atoms with E-state index < -0.39 is 0 Å². The molecule has 0 spiro atoms. The number of hydrogen-bond donors (Lipinski definition) is 0. The molecule has 34 valence electrons. The largest absolute Gasteiger partial charge is 0.345 e. The maximum absolute atomic E-state index is 2.18. The van der Waals surface area contributed by atoms with Gasteiger partial charge in [0.15, 0.2) is 0 Å². The highest BCUT2D eigenvalue weighted by Crippen LogP contribution is 1.84. The molecule has 4 radical (unpaired) electrons. The molecule has 0 aliphatic heterocycles. The molecule has 0 unspecified atom stereocenters. The number of rotatable bonds is 3. The zero-order valence-electron chi connectivity index (χ0n) is 4.57. The molecule has 0 aromatic rings. The van der Waals surface area contributed by atoms with Crippen LogP contribution in [0.2, 0.25) is 26.3 Å². The third-order valence-corrected chi connectivity index (χ3v) is 0.744. The lowest BCUT2D eigenvalue weighted by molar-refractivity contribution is 1.41. The summed E-state index contributed by atoms with van der Waals surface area (Å²) < 4.78 is 0. The Kier molecular flexibility index (Phi) is 5.24. The Bertz CT molecular complexity index is 17.5. The molecule has 0 saturated heterocycles. The Morgan fingerprint density at radius 3 is 1.50 bits per heavy atom. The summed E-state index contributed by atoms with van der Waals surface area (Å²) in [4.78, 5) is 0. The Morgan fingerprint density at radius 2 is 1.33 bits per heavy atom. The average molecular weight is 79.7 g/mol. The van der Waals surface area contributed by atoms with Gasteiger partial charge in [0, 0.05) is 0 Å². The third kappa shape index (κ3) is 4.13. The van der Waals surface area contributed by atoms with Gasteiger partial charge in [0.2, 0.25) is 0 Å². The summed E-state index contributed by atoms with van der Waals surface area (Å²) in [5.41, 5.74) is 0. The van der Waals surface area contributed by atoms with Gasteiger partial charge in [-0.2, -0.15) is 0 Å². The van der Waals surface area contributed by atoms with Gasteiger partial charge in [0.25, 0.3) is 0 Å². The van der Waals surface area contributed by atoms with E-state index in [1.54, 1.807) is 0 Å². The van der Waals surface area contributed by atoms with Crippen LogP contribution in [0.1, 0.15) is 0 Å². The van der Waals surface area contributed by atoms with Gasteiger partial charge in [-0.15, -0.1) is 0 Å². The molecule has 2 heteroatoms. The van der Waals surface area contributed by atoms with Crippen molar-refractivity contribution >= 4 is 14.6 Å². The quantitative estimate of drug-likeness (QED) is 0.354. The molecule has 0 aromatic carbocycles. The standard InChI is InChI=1S/C4H10B2/c1-5-3-4-6-2/h3-4H2,1-2H3/q-2. The molecular formula is C4H10B2-2. The van der Waals surface area contributed by atoms with Crippen molar-refractivity contribution in [2.24, 2.45) is 0 Å². The zero-order valence-corrected chi connectivity index (χ0v) is 4.57. The third-order valence-electron chi connectivity index (χ3n) is 0.744. The van der Waals surface area contributed by atoms with Gasteiger partial charge < -0.3 is 14.6 Å². The van der Waals surface area contributed by atoms with E-state index in [0.717, 1.165) is 0 Å². The van der Waals surface area contributed by atoms with Crippen LogP contribution in [0.15, 0.2) is 0 Å². The first kappa shape index (κ1) is 6.13. The van der Waals surface area contributed by atoms with Crippen LogP contribution in [0.3, 0.4) is 0 Å². The maximum atomic E-state index is 2.18. The smallest absolute Gasteiger partial charge is 0.254 e. The summed E-state index contributed by atoms with van der Waals surface area (Å²) in [6.07, 6.45) is 2.47. The zero-order chi connectivity index (χ0) is 4.83. The molecule has 6 heavy (non-hydrogen) atoms. The van der Waals surface area contributed by atoms with E-state index in [0.29, 0.717) is 0 Å². The first-order valence-corrected chi connectivity index (χ1v) is 2.47. The normalized spacial score (nSPS) is 9.00. The molecule has 0 nitrogen and oxygen atoms in total. The second kappa shape index (κ2) is 5.13. The summed E-state index contributed by atoms with van der Waals surface area (Å²) in [6, 6.07) is 0. The van der Waals surface area contributed by atoms with E-state index in [-0.39, 0.29) is 0 Å². The van der Waals surface area contributed by atoms with Crippen LogP contribution >= 0.6 is 0 Å². The van der Waals surface area contributed by atoms with Crippen LogP contribution in [0.5, 0.6) is 0 Å². The average Bonchev–Trinajstić information content (AvgIpc) is 1.61. The van der Waals surface area contributed by atoms with E-state index in [1.807, 2.05) is 0 Å². The second-order valence-corrected chi connectivity index (χ2v) is 1.39. The summed E-state index contributed by atoms with van der Waals surface area (Å²) in [5, 5.41) is 0. The van der Waals surface area contributed by atoms with Gasteiger partial charge in [0.05, 0.1) is 0 Å². The van der Waals surface area contributed by atoms with Crippen molar-refractivity contribution in [3.05, 3.63) is 0 Å². The summed E-state index contributed by atoms with van der Waals surface area (Å²) in [5.74, 6) is 0.